The highest BCUT2D eigenvalue weighted by atomic mass is 16.1. The summed E-state index contributed by atoms with van der Waals surface area (Å²) in [6.45, 7) is 2.96. The summed E-state index contributed by atoms with van der Waals surface area (Å²) in [6.07, 6.45) is 9.08. The first-order valence-corrected chi connectivity index (χ1v) is 8.37. The summed E-state index contributed by atoms with van der Waals surface area (Å²) in [5, 5.41) is 3.14. The fourth-order valence-electron chi connectivity index (χ4n) is 3.87. The monoisotopic (exact) mass is 289 g/mol. The minimum atomic E-state index is 0.198. The van der Waals surface area contributed by atoms with Gasteiger partial charge in [0.05, 0.1) is 5.92 Å². The molecule has 0 aromatic carbocycles. The topological polar surface area (TPSA) is 37.3 Å². The molecule has 116 valence electrons. The number of hydrogen-bond acceptors (Lipinski definition) is 2. The van der Waals surface area contributed by atoms with Crippen LogP contribution in [0.1, 0.15) is 44.2 Å². The molecule has 0 unspecified atom stereocenters. The molecule has 1 N–H and O–H groups in total. The van der Waals surface area contributed by atoms with E-state index in [2.05, 4.69) is 40.2 Å². The zero-order chi connectivity index (χ0) is 14.7. The molecule has 3 rings (SSSR count). The van der Waals surface area contributed by atoms with Crippen molar-refractivity contribution in [3.63, 3.8) is 0 Å². The number of aryl methyl sites for hydroxylation is 1. The Kier molecular flexibility index (Phi) is 4.63. The van der Waals surface area contributed by atoms with Crippen LogP contribution in [-0.2, 0) is 18.4 Å². The minimum Gasteiger partial charge on any atom is -0.356 e. The molecule has 0 radical (unpaired) electrons. The first-order chi connectivity index (χ1) is 10.3. The minimum absolute atomic E-state index is 0.198. The van der Waals surface area contributed by atoms with Gasteiger partial charge < -0.3 is 9.88 Å². The van der Waals surface area contributed by atoms with Gasteiger partial charge in [-0.2, -0.15) is 0 Å². The Morgan fingerprint density at radius 2 is 2.14 bits per heavy atom. The van der Waals surface area contributed by atoms with Crippen LogP contribution in [0, 0.1) is 5.92 Å². The molecule has 21 heavy (non-hydrogen) atoms. The maximum absolute atomic E-state index is 12.4. The Morgan fingerprint density at radius 3 is 2.95 bits per heavy atom. The first-order valence-electron chi connectivity index (χ1n) is 8.37. The van der Waals surface area contributed by atoms with Crippen molar-refractivity contribution in [1.82, 2.24) is 14.8 Å². The van der Waals surface area contributed by atoms with Gasteiger partial charge in [0.2, 0.25) is 5.91 Å². The van der Waals surface area contributed by atoms with E-state index in [0.29, 0.717) is 6.04 Å². The van der Waals surface area contributed by atoms with E-state index in [-0.39, 0.29) is 11.8 Å². The fraction of sp³-hybridized carbons (Fsp3) is 0.706. The summed E-state index contributed by atoms with van der Waals surface area (Å²) in [4.78, 5) is 15.0. The second-order valence-electron chi connectivity index (χ2n) is 6.54. The average Bonchev–Trinajstić information content (AvgIpc) is 3.10. The van der Waals surface area contributed by atoms with Gasteiger partial charge in [-0.25, -0.2) is 0 Å². The number of fused-ring (bicyclic) bond motifs is 1. The van der Waals surface area contributed by atoms with Crippen molar-refractivity contribution in [3.8, 4) is 0 Å². The lowest BCUT2D eigenvalue weighted by Crippen LogP contribution is -2.45. The maximum atomic E-state index is 12.4. The molecule has 2 atom stereocenters. The number of rotatable bonds is 2. The summed E-state index contributed by atoms with van der Waals surface area (Å²) in [5.41, 5.74) is 1.35. The predicted octanol–water partition coefficient (Wildman–Crippen LogP) is 2.30. The van der Waals surface area contributed by atoms with Crippen molar-refractivity contribution in [2.75, 3.05) is 13.1 Å². The average molecular weight is 289 g/mol. The summed E-state index contributed by atoms with van der Waals surface area (Å²) >= 11 is 0. The second kappa shape index (κ2) is 6.65. The number of carbonyl (C=O) groups is 1. The maximum Gasteiger partial charge on any atom is 0.224 e. The fourth-order valence-corrected chi connectivity index (χ4v) is 3.87. The van der Waals surface area contributed by atoms with Crippen LogP contribution < -0.4 is 5.32 Å². The van der Waals surface area contributed by atoms with Crippen molar-refractivity contribution in [1.29, 1.82) is 0 Å². The SMILES string of the molecule is Cn1cccc1CN1CCCCCNC(=O)[C@@H]2CCC[C@@H]21. The van der Waals surface area contributed by atoms with Gasteiger partial charge in [-0.05, 0) is 44.4 Å². The molecular formula is C17H27N3O. The van der Waals surface area contributed by atoms with Crippen LogP contribution in [-0.4, -0.2) is 34.5 Å². The molecule has 0 bridgehead atoms. The van der Waals surface area contributed by atoms with E-state index in [4.69, 9.17) is 0 Å². The highest BCUT2D eigenvalue weighted by molar-refractivity contribution is 5.79. The Labute approximate surface area is 127 Å². The number of carbonyl (C=O) groups excluding carboxylic acids is 1. The second-order valence-corrected chi connectivity index (χ2v) is 6.54. The van der Waals surface area contributed by atoms with Crippen LogP contribution in [0.2, 0.25) is 0 Å². The molecular weight excluding hydrogens is 262 g/mol. The zero-order valence-corrected chi connectivity index (χ0v) is 13.1. The summed E-state index contributed by atoms with van der Waals surface area (Å²) < 4.78 is 2.20. The van der Waals surface area contributed by atoms with E-state index in [1.54, 1.807) is 0 Å². The molecule has 1 amide bonds. The van der Waals surface area contributed by atoms with Gasteiger partial charge in [-0.1, -0.05) is 12.8 Å². The van der Waals surface area contributed by atoms with Crippen LogP contribution in [0.4, 0.5) is 0 Å². The van der Waals surface area contributed by atoms with Gasteiger partial charge in [0.25, 0.3) is 0 Å². The Hall–Kier alpha value is -1.29. The van der Waals surface area contributed by atoms with Gasteiger partial charge in [0.1, 0.15) is 0 Å². The summed E-state index contributed by atoms with van der Waals surface area (Å²) in [6, 6.07) is 4.73. The quantitative estimate of drug-likeness (QED) is 0.907. The van der Waals surface area contributed by atoms with Crippen LogP contribution in [0.25, 0.3) is 0 Å². The van der Waals surface area contributed by atoms with Crippen LogP contribution >= 0.6 is 0 Å². The van der Waals surface area contributed by atoms with Crippen LogP contribution in [0.3, 0.4) is 0 Å². The molecule has 1 aromatic rings. The van der Waals surface area contributed by atoms with Crippen molar-refractivity contribution < 1.29 is 4.79 Å². The van der Waals surface area contributed by atoms with Gasteiger partial charge in [-0.15, -0.1) is 0 Å². The molecule has 1 saturated heterocycles. The first kappa shape index (κ1) is 14.6. The third kappa shape index (κ3) is 3.31. The standard InChI is InChI=1S/C17H27N3O/c1-19-11-6-7-14(19)13-20-12-4-2-3-10-18-17(21)15-8-5-9-16(15)20/h6-7,11,15-16H,2-5,8-10,12-13H2,1H3,(H,18,21)/t15-,16+/m1/s1. The molecule has 1 aromatic heterocycles. The number of aromatic nitrogens is 1. The predicted molar refractivity (Wildman–Crippen MR) is 83.8 cm³/mol. The van der Waals surface area contributed by atoms with Gasteiger partial charge in [0, 0.05) is 38.1 Å². The third-order valence-corrected chi connectivity index (χ3v) is 5.12. The van der Waals surface area contributed by atoms with E-state index in [1.807, 2.05) is 0 Å². The largest absolute Gasteiger partial charge is 0.356 e. The van der Waals surface area contributed by atoms with Crippen molar-refractivity contribution in [2.24, 2.45) is 13.0 Å². The van der Waals surface area contributed by atoms with E-state index in [9.17, 15) is 4.79 Å². The Balaban J connectivity index is 1.77. The molecule has 0 spiro atoms. The lowest BCUT2D eigenvalue weighted by molar-refractivity contribution is -0.126. The summed E-state index contributed by atoms with van der Waals surface area (Å²) in [7, 11) is 2.11. The van der Waals surface area contributed by atoms with Gasteiger partial charge in [0.15, 0.2) is 0 Å². The molecule has 4 nitrogen and oxygen atoms in total. The van der Waals surface area contributed by atoms with E-state index < -0.39 is 0 Å². The Morgan fingerprint density at radius 1 is 1.24 bits per heavy atom. The number of amides is 1. The van der Waals surface area contributed by atoms with E-state index in [0.717, 1.165) is 32.5 Å². The molecule has 1 aliphatic heterocycles. The number of nitrogens with one attached hydrogen (secondary N) is 1. The van der Waals surface area contributed by atoms with Crippen molar-refractivity contribution in [2.45, 2.75) is 51.1 Å². The van der Waals surface area contributed by atoms with Gasteiger partial charge >= 0.3 is 0 Å². The smallest absolute Gasteiger partial charge is 0.224 e. The number of hydrogen-bond donors (Lipinski definition) is 1. The normalized spacial score (nSPS) is 28.1. The molecule has 2 aliphatic rings. The highest BCUT2D eigenvalue weighted by Gasteiger charge is 2.36. The molecule has 4 heteroatoms. The highest BCUT2D eigenvalue weighted by Crippen LogP contribution is 2.32. The lowest BCUT2D eigenvalue weighted by Gasteiger charge is -2.33. The molecule has 1 aliphatic carbocycles. The number of nitrogens with zero attached hydrogens (tertiary/aromatic N) is 2. The van der Waals surface area contributed by atoms with Gasteiger partial charge in [-0.3, -0.25) is 9.69 Å². The van der Waals surface area contributed by atoms with Crippen LogP contribution in [0.5, 0.6) is 0 Å². The summed E-state index contributed by atoms with van der Waals surface area (Å²) in [5.74, 6) is 0.486. The molecule has 1 saturated carbocycles. The molecule has 2 fully saturated rings. The van der Waals surface area contributed by atoms with E-state index >= 15 is 0 Å². The van der Waals surface area contributed by atoms with E-state index in [1.165, 1.54) is 31.4 Å². The van der Waals surface area contributed by atoms with Crippen LogP contribution in [0.15, 0.2) is 18.3 Å². The van der Waals surface area contributed by atoms with Crippen molar-refractivity contribution >= 4 is 5.91 Å². The Bertz CT molecular complexity index is 482. The lowest BCUT2D eigenvalue weighted by atomic mass is 9.99. The third-order valence-electron chi connectivity index (χ3n) is 5.12. The zero-order valence-electron chi connectivity index (χ0n) is 13.1. The van der Waals surface area contributed by atoms with Crippen molar-refractivity contribution in [3.05, 3.63) is 24.0 Å². The molecule has 2 heterocycles.